The van der Waals surface area contributed by atoms with E-state index in [0.29, 0.717) is 22.2 Å². The number of unbranched alkanes of at least 4 members (excludes halogenated alkanes) is 1. The Morgan fingerprint density at radius 3 is 2.60 bits per heavy atom. The Hall–Kier alpha value is -0.770. The molecule has 1 amide bonds. The largest absolute Gasteiger partial charge is 0.352 e. The van der Waals surface area contributed by atoms with Crippen molar-refractivity contribution < 1.29 is 4.79 Å². The molecule has 0 atom stereocenters. The third-order valence-electron chi connectivity index (χ3n) is 3.57. The van der Waals surface area contributed by atoms with Gasteiger partial charge in [0.15, 0.2) is 0 Å². The van der Waals surface area contributed by atoms with E-state index in [1.807, 2.05) is 0 Å². The fourth-order valence-corrected chi connectivity index (χ4v) is 2.71. The summed E-state index contributed by atoms with van der Waals surface area (Å²) in [7, 11) is 0. The first-order valence-electron chi connectivity index (χ1n) is 7.12. The van der Waals surface area contributed by atoms with Crippen LogP contribution in [0.5, 0.6) is 0 Å². The molecule has 1 heterocycles. The number of rotatable bonds is 6. The van der Waals surface area contributed by atoms with Gasteiger partial charge in [0.25, 0.3) is 5.91 Å². The van der Waals surface area contributed by atoms with Gasteiger partial charge >= 0.3 is 0 Å². The minimum Gasteiger partial charge on any atom is -0.352 e. The number of benzene rings is 1. The normalized spacial score (nSPS) is 15.5. The van der Waals surface area contributed by atoms with Crippen molar-refractivity contribution in [2.45, 2.75) is 25.7 Å². The smallest absolute Gasteiger partial charge is 0.251 e. The fourth-order valence-electron chi connectivity index (χ4n) is 2.41. The summed E-state index contributed by atoms with van der Waals surface area (Å²) >= 11 is 11.7. The van der Waals surface area contributed by atoms with Crippen LogP contribution in [0.25, 0.3) is 0 Å². The zero-order valence-electron chi connectivity index (χ0n) is 11.5. The van der Waals surface area contributed by atoms with Gasteiger partial charge < -0.3 is 10.2 Å². The van der Waals surface area contributed by atoms with Crippen LogP contribution in [0, 0.1) is 0 Å². The van der Waals surface area contributed by atoms with Gasteiger partial charge in [-0.1, -0.05) is 23.2 Å². The Bertz CT molecular complexity index is 459. The van der Waals surface area contributed by atoms with Crippen molar-refractivity contribution in [2.75, 3.05) is 26.2 Å². The maximum atomic E-state index is 11.9. The summed E-state index contributed by atoms with van der Waals surface area (Å²) in [5.74, 6) is -0.0928. The molecule has 0 aromatic heterocycles. The molecule has 1 aliphatic heterocycles. The molecule has 0 aliphatic carbocycles. The molecule has 3 nitrogen and oxygen atoms in total. The summed E-state index contributed by atoms with van der Waals surface area (Å²) < 4.78 is 0. The number of amides is 1. The summed E-state index contributed by atoms with van der Waals surface area (Å²) in [6, 6.07) is 4.93. The third kappa shape index (κ3) is 4.65. The highest BCUT2D eigenvalue weighted by Crippen LogP contribution is 2.22. The Kier molecular flexibility index (Phi) is 6.14. The molecule has 2 rings (SSSR count). The fraction of sp³-hybridized carbons (Fsp3) is 0.533. The van der Waals surface area contributed by atoms with Crippen LogP contribution in [0.4, 0.5) is 0 Å². The highest BCUT2D eigenvalue weighted by atomic mass is 35.5. The van der Waals surface area contributed by atoms with E-state index in [9.17, 15) is 4.79 Å². The molecular weight excluding hydrogens is 295 g/mol. The number of nitrogens with one attached hydrogen (secondary N) is 1. The highest BCUT2D eigenvalue weighted by molar-refractivity contribution is 6.42. The van der Waals surface area contributed by atoms with Crippen molar-refractivity contribution >= 4 is 29.1 Å². The molecule has 1 aromatic rings. The van der Waals surface area contributed by atoms with Crippen LogP contribution in [-0.4, -0.2) is 37.0 Å². The summed E-state index contributed by atoms with van der Waals surface area (Å²) in [5.41, 5.74) is 0.555. The van der Waals surface area contributed by atoms with Crippen molar-refractivity contribution in [1.82, 2.24) is 10.2 Å². The molecule has 20 heavy (non-hydrogen) atoms. The molecule has 1 N–H and O–H groups in total. The monoisotopic (exact) mass is 314 g/mol. The second kappa shape index (κ2) is 7.87. The van der Waals surface area contributed by atoms with Gasteiger partial charge in [0.2, 0.25) is 0 Å². The Morgan fingerprint density at radius 2 is 1.90 bits per heavy atom. The van der Waals surface area contributed by atoms with Crippen LogP contribution in [0.3, 0.4) is 0 Å². The number of carbonyl (C=O) groups is 1. The lowest BCUT2D eigenvalue weighted by atomic mass is 10.2. The van der Waals surface area contributed by atoms with Crippen molar-refractivity contribution in [3.8, 4) is 0 Å². The third-order valence-corrected chi connectivity index (χ3v) is 4.31. The van der Waals surface area contributed by atoms with Crippen molar-refractivity contribution in [3.63, 3.8) is 0 Å². The van der Waals surface area contributed by atoms with Crippen LogP contribution in [0.15, 0.2) is 18.2 Å². The lowest BCUT2D eigenvalue weighted by molar-refractivity contribution is 0.0952. The summed E-state index contributed by atoms with van der Waals surface area (Å²) in [5, 5.41) is 3.79. The molecule has 0 bridgehead atoms. The van der Waals surface area contributed by atoms with Crippen LogP contribution in [-0.2, 0) is 0 Å². The molecule has 1 aromatic carbocycles. The summed E-state index contributed by atoms with van der Waals surface area (Å²) in [6.07, 6.45) is 4.79. The second-order valence-electron chi connectivity index (χ2n) is 5.14. The number of hydrogen-bond acceptors (Lipinski definition) is 2. The van der Waals surface area contributed by atoms with E-state index in [4.69, 9.17) is 23.2 Å². The lowest BCUT2D eigenvalue weighted by Gasteiger charge is -2.14. The molecule has 1 aliphatic rings. The van der Waals surface area contributed by atoms with Gasteiger partial charge in [-0.3, -0.25) is 4.79 Å². The standard InChI is InChI=1S/C15H20Cl2N2O/c16-13-6-5-12(11-14(13)17)15(20)18-7-1-2-8-19-9-3-4-10-19/h5-6,11H,1-4,7-10H2,(H,18,20). The SMILES string of the molecule is O=C(NCCCCN1CCCC1)c1ccc(Cl)c(Cl)c1. The first kappa shape index (κ1) is 15.6. The van der Waals surface area contributed by atoms with Crippen molar-refractivity contribution in [1.29, 1.82) is 0 Å². The van der Waals surface area contributed by atoms with E-state index in [2.05, 4.69) is 10.2 Å². The second-order valence-corrected chi connectivity index (χ2v) is 5.96. The van der Waals surface area contributed by atoms with Crippen LogP contribution in [0.1, 0.15) is 36.0 Å². The van der Waals surface area contributed by atoms with E-state index in [-0.39, 0.29) is 5.91 Å². The molecule has 1 saturated heterocycles. The average Bonchev–Trinajstić information content (AvgIpc) is 2.94. The number of nitrogens with zero attached hydrogens (tertiary/aromatic N) is 1. The van der Waals surface area contributed by atoms with Crippen LogP contribution in [0.2, 0.25) is 10.0 Å². The number of halogens is 2. The predicted octanol–water partition coefficient (Wildman–Crippen LogP) is 3.60. The van der Waals surface area contributed by atoms with E-state index in [1.54, 1.807) is 18.2 Å². The zero-order chi connectivity index (χ0) is 14.4. The first-order chi connectivity index (χ1) is 9.66. The maximum absolute atomic E-state index is 11.9. The van der Waals surface area contributed by atoms with E-state index < -0.39 is 0 Å². The molecule has 5 heteroatoms. The van der Waals surface area contributed by atoms with Gasteiger partial charge in [-0.05, 0) is 63.5 Å². The predicted molar refractivity (Wildman–Crippen MR) is 83.7 cm³/mol. The van der Waals surface area contributed by atoms with E-state index in [0.717, 1.165) is 19.4 Å². The molecule has 0 spiro atoms. The molecule has 0 saturated carbocycles. The van der Waals surface area contributed by atoms with Crippen molar-refractivity contribution in [3.05, 3.63) is 33.8 Å². The minimum atomic E-state index is -0.0928. The van der Waals surface area contributed by atoms with Gasteiger partial charge in [0.05, 0.1) is 10.0 Å². The Morgan fingerprint density at radius 1 is 1.15 bits per heavy atom. The van der Waals surface area contributed by atoms with Crippen LogP contribution < -0.4 is 5.32 Å². The lowest BCUT2D eigenvalue weighted by Crippen LogP contribution is -2.26. The Balaban J connectivity index is 1.65. The molecular formula is C15H20Cl2N2O. The van der Waals surface area contributed by atoms with E-state index >= 15 is 0 Å². The van der Waals surface area contributed by atoms with Gasteiger partial charge in [-0.2, -0.15) is 0 Å². The molecule has 0 unspecified atom stereocenters. The van der Waals surface area contributed by atoms with Gasteiger partial charge in [-0.15, -0.1) is 0 Å². The molecule has 0 radical (unpaired) electrons. The minimum absolute atomic E-state index is 0.0928. The number of carbonyl (C=O) groups excluding carboxylic acids is 1. The molecule has 110 valence electrons. The number of hydrogen-bond donors (Lipinski definition) is 1. The summed E-state index contributed by atoms with van der Waals surface area (Å²) in [4.78, 5) is 14.4. The van der Waals surface area contributed by atoms with Gasteiger partial charge in [-0.25, -0.2) is 0 Å². The van der Waals surface area contributed by atoms with Gasteiger partial charge in [0.1, 0.15) is 0 Å². The van der Waals surface area contributed by atoms with Crippen molar-refractivity contribution in [2.24, 2.45) is 0 Å². The average molecular weight is 315 g/mol. The highest BCUT2D eigenvalue weighted by Gasteiger charge is 2.10. The number of likely N-dealkylation sites (tertiary alicyclic amines) is 1. The van der Waals surface area contributed by atoms with E-state index in [1.165, 1.54) is 25.9 Å². The van der Waals surface area contributed by atoms with Gasteiger partial charge in [0, 0.05) is 12.1 Å². The topological polar surface area (TPSA) is 32.3 Å². The zero-order valence-corrected chi connectivity index (χ0v) is 13.0. The Labute approximate surface area is 130 Å². The van der Waals surface area contributed by atoms with Crippen LogP contribution >= 0.6 is 23.2 Å². The maximum Gasteiger partial charge on any atom is 0.251 e. The molecule has 1 fully saturated rings. The quantitative estimate of drug-likeness (QED) is 0.814. The summed E-state index contributed by atoms with van der Waals surface area (Å²) in [6.45, 7) is 4.31. The first-order valence-corrected chi connectivity index (χ1v) is 7.88.